The van der Waals surface area contributed by atoms with Crippen LogP contribution in [0.5, 0.6) is 5.75 Å². The van der Waals surface area contributed by atoms with Crippen LogP contribution in [0.4, 0.5) is 0 Å². The second kappa shape index (κ2) is 9.64. The molecule has 0 bridgehead atoms. The second-order valence-corrected chi connectivity index (χ2v) is 6.33. The summed E-state index contributed by atoms with van der Waals surface area (Å²) in [7, 11) is 0. The van der Waals surface area contributed by atoms with Crippen molar-refractivity contribution in [3.63, 3.8) is 0 Å². The van der Waals surface area contributed by atoms with Crippen LogP contribution in [0.25, 0.3) is 0 Å². The van der Waals surface area contributed by atoms with Crippen molar-refractivity contribution in [2.24, 2.45) is 0 Å². The summed E-state index contributed by atoms with van der Waals surface area (Å²) in [5.41, 5.74) is 0.601. The molecule has 1 aliphatic carbocycles. The topological polar surface area (TPSA) is 61.8 Å². The molecule has 0 aromatic heterocycles. The lowest BCUT2D eigenvalue weighted by Gasteiger charge is -2.28. The standard InChI is InChI=1S/C19H30N2O3/c1-3-21(4-2)13-14-24-16-11-9-15(10-12-16)19(23)20-17-7-5-6-8-18(17)22/h9-12,17-18,22H,3-8,13-14H2,1-2H3,(H,20,23). The molecule has 24 heavy (non-hydrogen) atoms. The molecule has 1 aromatic carbocycles. The van der Waals surface area contributed by atoms with Crippen LogP contribution in [0.2, 0.25) is 0 Å². The highest BCUT2D eigenvalue weighted by Gasteiger charge is 2.24. The number of aliphatic hydroxyl groups is 1. The zero-order valence-corrected chi connectivity index (χ0v) is 14.8. The summed E-state index contributed by atoms with van der Waals surface area (Å²) in [4.78, 5) is 14.6. The van der Waals surface area contributed by atoms with E-state index in [0.29, 0.717) is 12.2 Å². The van der Waals surface area contributed by atoms with Gasteiger partial charge in [0.15, 0.2) is 0 Å². The van der Waals surface area contributed by atoms with Gasteiger partial charge in [-0.2, -0.15) is 0 Å². The third-order valence-electron chi connectivity index (χ3n) is 4.73. The Balaban J connectivity index is 1.81. The first kappa shape index (κ1) is 18.7. The zero-order valence-electron chi connectivity index (χ0n) is 14.8. The van der Waals surface area contributed by atoms with E-state index in [9.17, 15) is 9.90 Å². The molecule has 1 aliphatic rings. The number of aliphatic hydroxyl groups excluding tert-OH is 1. The molecule has 1 fully saturated rings. The highest BCUT2D eigenvalue weighted by Crippen LogP contribution is 2.19. The van der Waals surface area contributed by atoms with Crippen LogP contribution in [0.3, 0.4) is 0 Å². The summed E-state index contributed by atoms with van der Waals surface area (Å²) >= 11 is 0. The second-order valence-electron chi connectivity index (χ2n) is 6.33. The number of amides is 1. The van der Waals surface area contributed by atoms with Crippen LogP contribution in [0.1, 0.15) is 49.9 Å². The van der Waals surface area contributed by atoms with Crippen molar-refractivity contribution in [3.05, 3.63) is 29.8 Å². The molecule has 2 unspecified atom stereocenters. The van der Waals surface area contributed by atoms with E-state index in [-0.39, 0.29) is 11.9 Å². The molecule has 2 atom stereocenters. The molecule has 5 heteroatoms. The maximum Gasteiger partial charge on any atom is 0.251 e. The van der Waals surface area contributed by atoms with Gasteiger partial charge in [0.2, 0.25) is 0 Å². The molecule has 2 N–H and O–H groups in total. The Morgan fingerprint density at radius 2 is 1.88 bits per heavy atom. The first-order valence-corrected chi connectivity index (χ1v) is 9.08. The number of carbonyl (C=O) groups excluding carboxylic acids is 1. The average Bonchev–Trinajstić information content (AvgIpc) is 2.61. The van der Waals surface area contributed by atoms with Crippen molar-refractivity contribution in [2.45, 2.75) is 51.7 Å². The van der Waals surface area contributed by atoms with Gasteiger partial charge in [0.1, 0.15) is 12.4 Å². The van der Waals surface area contributed by atoms with E-state index in [1.165, 1.54) is 0 Å². The molecular weight excluding hydrogens is 304 g/mol. The van der Waals surface area contributed by atoms with Gasteiger partial charge in [-0.15, -0.1) is 0 Å². The minimum atomic E-state index is -0.426. The molecular formula is C19H30N2O3. The van der Waals surface area contributed by atoms with E-state index >= 15 is 0 Å². The molecule has 1 amide bonds. The summed E-state index contributed by atoms with van der Waals surface area (Å²) in [6, 6.07) is 7.08. The first-order valence-electron chi connectivity index (χ1n) is 9.08. The number of nitrogens with one attached hydrogen (secondary N) is 1. The van der Waals surface area contributed by atoms with E-state index in [1.807, 2.05) is 12.1 Å². The third kappa shape index (κ3) is 5.49. The van der Waals surface area contributed by atoms with E-state index < -0.39 is 6.10 Å². The van der Waals surface area contributed by atoms with Gasteiger partial charge in [-0.1, -0.05) is 26.7 Å². The van der Waals surface area contributed by atoms with Gasteiger partial charge in [-0.3, -0.25) is 4.79 Å². The molecule has 134 valence electrons. The molecule has 0 radical (unpaired) electrons. The number of carbonyl (C=O) groups is 1. The fourth-order valence-corrected chi connectivity index (χ4v) is 3.07. The van der Waals surface area contributed by atoms with Crippen molar-refractivity contribution in [2.75, 3.05) is 26.2 Å². The minimum Gasteiger partial charge on any atom is -0.492 e. The molecule has 5 nitrogen and oxygen atoms in total. The molecule has 0 heterocycles. The maximum atomic E-state index is 12.3. The van der Waals surface area contributed by atoms with E-state index in [4.69, 9.17) is 4.74 Å². The predicted octanol–water partition coefficient (Wildman–Crippen LogP) is 2.44. The van der Waals surface area contributed by atoms with E-state index in [2.05, 4.69) is 24.1 Å². The Hall–Kier alpha value is -1.59. The minimum absolute atomic E-state index is 0.128. The number of likely N-dealkylation sites (N-methyl/N-ethyl adjacent to an activating group) is 1. The maximum absolute atomic E-state index is 12.3. The Kier molecular flexibility index (Phi) is 7.53. The third-order valence-corrected chi connectivity index (χ3v) is 4.73. The van der Waals surface area contributed by atoms with Crippen LogP contribution in [-0.4, -0.2) is 54.3 Å². The number of ether oxygens (including phenoxy) is 1. The highest BCUT2D eigenvalue weighted by atomic mass is 16.5. The van der Waals surface area contributed by atoms with Gasteiger partial charge in [-0.25, -0.2) is 0 Å². The SMILES string of the molecule is CCN(CC)CCOc1ccc(C(=O)NC2CCCCC2O)cc1. The van der Waals surface area contributed by atoms with Crippen LogP contribution in [-0.2, 0) is 0 Å². The number of hydrogen-bond donors (Lipinski definition) is 2. The Morgan fingerprint density at radius 1 is 1.21 bits per heavy atom. The summed E-state index contributed by atoms with van der Waals surface area (Å²) in [5, 5.41) is 12.9. The lowest BCUT2D eigenvalue weighted by atomic mass is 9.92. The average molecular weight is 334 g/mol. The van der Waals surface area contributed by atoms with Crippen molar-refractivity contribution in [3.8, 4) is 5.75 Å². The van der Waals surface area contributed by atoms with Gasteiger partial charge in [0, 0.05) is 12.1 Å². The summed E-state index contributed by atoms with van der Waals surface area (Å²) in [6.07, 6.45) is 3.28. The van der Waals surface area contributed by atoms with Crippen molar-refractivity contribution in [1.82, 2.24) is 10.2 Å². The number of nitrogens with zero attached hydrogens (tertiary/aromatic N) is 1. The van der Waals surface area contributed by atoms with Gasteiger partial charge >= 0.3 is 0 Å². The van der Waals surface area contributed by atoms with Crippen molar-refractivity contribution < 1.29 is 14.6 Å². The van der Waals surface area contributed by atoms with Crippen LogP contribution in [0, 0.1) is 0 Å². The molecule has 0 spiro atoms. The van der Waals surface area contributed by atoms with E-state index in [1.54, 1.807) is 12.1 Å². The van der Waals surface area contributed by atoms with Gasteiger partial charge < -0.3 is 20.1 Å². The summed E-state index contributed by atoms with van der Waals surface area (Å²) in [5.74, 6) is 0.645. The first-order chi connectivity index (χ1) is 11.6. The zero-order chi connectivity index (χ0) is 17.4. The van der Waals surface area contributed by atoms with Gasteiger partial charge in [0.05, 0.1) is 12.1 Å². The Labute approximate surface area is 145 Å². The normalized spacial score (nSPS) is 20.8. The van der Waals surface area contributed by atoms with Crippen LogP contribution >= 0.6 is 0 Å². The smallest absolute Gasteiger partial charge is 0.251 e. The molecule has 0 aliphatic heterocycles. The van der Waals surface area contributed by atoms with Crippen molar-refractivity contribution >= 4 is 5.91 Å². The number of hydrogen-bond acceptors (Lipinski definition) is 4. The molecule has 1 saturated carbocycles. The quantitative estimate of drug-likeness (QED) is 0.766. The van der Waals surface area contributed by atoms with Gasteiger partial charge in [0.25, 0.3) is 5.91 Å². The lowest BCUT2D eigenvalue weighted by Crippen LogP contribution is -2.45. The molecule has 0 saturated heterocycles. The number of rotatable bonds is 8. The van der Waals surface area contributed by atoms with E-state index in [0.717, 1.165) is 51.1 Å². The summed E-state index contributed by atoms with van der Waals surface area (Å²) < 4.78 is 5.73. The number of benzene rings is 1. The Morgan fingerprint density at radius 3 is 2.50 bits per heavy atom. The fraction of sp³-hybridized carbons (Fsp3) is 0.632. The van der Waals surface area contributed by atoms with Gasteiger partial charge in [-0.05, 0) is 50.2 Å². The van der Waals surface area contributed by atoms with Crippen LogP contribution in [0.15, 0.2) is 24.3 Å². The lowest BCUT2D eigenvalue weighted by molar-refractivity contribution is 0.0717. The Bertz CT molecular complexity index is 500. The highest BCUT2D eigenvalue weighted by molar-refractivity contribution is 5.94. The largest absolute Gasteiger partial charge is 0.492 e. The van der Waals surface area contributed by atoms with Crippen molar-refractivity contribution in [1.29, 1.82) is 0 Å². The fourth-order valence-electron chi connectivity index (χ4n) is 3.07. The molecule has 1 aromatic rings. The predicted molar refractivity (Wildman–Crippen MR) is 95.5 cm³/mol. The monoisotopic (exact) mass is 334 g/mol. The van der Waals surface area contributed by atoms with Crippen LogP contribution < -0.4 is 10.1 Å². The molecule has 2 rings (SSSR count). The summed E-state index contributed by atoms with van der Waals surface area (Å²) in [6.45, 7) is 7.86.